The Balaban J connectivity index is 2.01. The Morgan fingerprint density at radius 2 is 1.61 bits per heavy atom. The molecule has 23 heavy (non-hydrogen) atoms. The Morgan fingerprint density at radius 1 is 1.17 bits per heavy atom. The van der Waals surface area contributed by atoms with Crippen molar-refractivity contribution in [2.75, 3.05) is 6.61 Å². The van der Waals surface area contributed by atoms with E-state index in [0.29, 0.717) is 23.3 Å². The molecule has 0 aromatic rings. The predicted octanol–water partition coefficient (Wildman–Crippen LogP) is 2.82. The van der Waals surface area contributed by atoms with Crippen LogP contribution in [-0.4, -0.2) is 34.0 Å². The molecule has 4 heteroatoms. The second-order valence-electron chi connectivity index (χ2n) is 8.83. The lowest BCUT2D eigenvalue weighted by atomic mass is 9.43. The van der Waals surface area contributed by atoms with Gasteiger partial charge < -0.3 is 14.9 Å². The molecule has 0 spiro atoms. The predicted molar refractivity (Wildman–Crippen MR) is 87.6 cm³/mol. The van der Waals surface area contributed by atoms with Crippen LogP contribution >= 0.6 is 0 Å². The maximum absolute atomic E-state index is 12.3. The largest absolute Gasteiger partial charge is 0.452 e. The first-order valence-corrected chi connectivity index (χ1v) is 8.84. The van der Waals surface area contributed by atoms with Gasteiger partial charge in [0.2, 0.25) is 0 Å². The number of ether oxygens (including phenoxy) is 1. The third-order valence-electron chi connectivity index (χ3n) is 7.03. The molecule has 0 aromatic carbocycles. The fraction of sp³-hybridized carbons (Fsp3) is 0.842. The van der Waals surface area contributed by atoms with Crippen LogP contribution in [0.5, 0.6) is 0 Å². The Labute approximate surface area is 138 Å². The lowest BCUT2D eigenvalue weighted by Gasteiger charge is -2.64. The molecule has 0 heterocycles. The van der Waals surface area contributed by atoms with Crippen LogP contribution in [0.3, 0.4) is 0 Å². The Morgan fingerprint density at radius 3 is 1.96 bits per heavy atom. The quantitative estimate of drug-likeness (QED) is 0.603. The number of aliphatic hydroxyl groups excluding tert-OH is 1. The van der Waals surface area contributed by atoms with Crippen molar-refractivity contribution in [1.82, 2.24) is 0 Å². The molecule has 2 atom stereocenters. The standard InChI is InChI=1S/C19H30O4/c1-12(2)16(21)23-18(4,17(3,22)11-20)19-8-13-5-14(9-19)7-15(6-13)10-19/h13-15,20,22H,1,5-11H2,2-4H3. The van der Waals surface area contributed by atoms with Crippen LogP contribution < -0.4 is 0 Å². The fourth-order valence-corrected chi connectivity index (χ4v) is 5.91. The van der Waals surface area contributed by atoms with Crippen LogP contribution in [0, 0.1) is 23.2 Å². The van der Waals surface area contributed by atoms with Crippen molar-refractivity contribution in [2.45, 2.75) is 70.5 Å². The third kappa shape index (κ3) is 2.45. The number of aliphatic hydroxyl groups is 2. The monoisotopic (exact) mass is 322 g/mol. The lowest BCUT2D eigenvalue weighted by molar-refractivity contribution is -0.263. The molecule has 4 rings (SSSR count). The van der Waals surface area contributed by atoms with E-state index in [0.717, 1.165) is 19.3 Å². The summed E-state index contributed by atoms with van der Waals surface area (Å²) < 4.78 is 5.89. The van der Waals surface area contributed by atoms with Crippen molar-refractivity contribution in [1.29, 1.82) is 0 Å². The molecule has 0 amide bonds. The minimum atomic E-state index is -1.47. The van der Waals surface area contributed by atoms with Crippen LogP contribution in [0.25, 0.3) is 0 Å². The van der Waals surface area contributed by atoms with Crippen molar-refractivity contribution in [2.24, 2.45) is 23.2 Å². The molecule has 4 aliphatic carbocycles. The van der Waals surface area contributed by atoms with Crippen LogP contribution in [0.1, 0.15) is 59.3 Å². The van der Waals surface area contributed by atoms with Gasteiger partial charge in [-0.1, -0.05) is 6.58 Å². The Bertz CT molecular complexity index is 486. The molecule has 4 bridgehead atoms. The van der Waals surface area contributed by atoms with Gasteiger partial charge in [-0.25, -0.2) is 4.79 Å². The topological polar surface area (TPSA) is 66.8 Å². The zero-order valence-electron chi connectivity index (χ0n) is 14.6. The summed E-state index contributed by atoms with van der Waals surface area (Å²) in [7, 11) is 0. The van der Waals surface area contributed by atoms with Gasteiger partial charge in [0.25, 0.3) is 0 Å². The lowest BCUT2D eigenvalue weighted by Crippen LogP contribution is -2.68. The van der Waals surface area contributed by atoms with E-state index in [1.807, 2.05) is 6.92 Å². The molecule has 2 unspecified atom stereocenters. The van der Waals surface area contributed by atoms with Gasteiger partial charge in [0.05, 0.1) is 6.61 Å². The molecule has 4 aliphatic rings. The van der Waals surface area contributed by atoms with Gasteiger partial charge in [0.1, 0.15) is 11.2 Å². The molecule has 0 radical (unpaired) electrons. The smallest absolute Gasteiger partial charge is 0.333 e. The molecule has 4 fully saturated rings. The van der Waals surface area contributed by atoms with E-state index in [1.54, 1.807) is 13.8 Å². The van der Waals surface area contributed by atoms with Crippen molar-refractivity contribution in [3.05, 3.63) is 12.2 Å². The summed E-state index contributed by atoms with van der Waals surface area (Å²) in [6, 6.07) is 0. The van der Waals surface area contributed by atoms with E-state index in [4.69, 9.17) is 4.74 Å². The first-order chi connectivity index (χ1) is 10.6. The number of esters is 1. The Hall–Kier alpha value is -0.870. The number of hydrogen-bond donors (Lipinski definition) is 2. The average molecular weight is 322 g/mol. The van der Waals surface area contributed by atoms with Crippen molar-refractivity contribution < 1.29 is 19.7 Å². The van der Waals surface area contributed by atoms with Crippen molar-refractivity contribution >= 4 is 5.97 Å². The molecule has 0 aliphatic heterocycles. The second kappa shape index (κ2) is 5.32. The summed E-state index contributed by atoms with van der Waals surface area (Å²) in [5.41, 5.74) is -2.47. The first kappa shape index (κ1) is 17.0. The SMILES string of the molecule is C=C(C)C(=O)OC(C)(C(C)(O)CO)C12CC3CC(CC(C3)C1)C2. The molecule has 4 saturated carbocycles. The molecular formula is C19H30O4. The van der Waals surface area contributed by atoms with Crippen LogP contribution in [0.4, 0.5) is 0 Å². The summed E-state index contributed by atoms with van der Waals surface area (Å²) in [5.74, 6) is 1.52. The number of hydrogen-bond acceptors (Lipinski definition) is 4. The van der Waals surface area contributed by atoms with E-state index in [-0.39, 0.29) is 5.41 Å². The summed E-state index contributed by atoms with van der Waals surface area (Å²) in [5, 5.41) is 20.8. The molecule has 130 valence electrons. The van der Waals surface area contributed by atoms with E-state index in [2.05, 4.69) is 6.58 Å². The maximum Gasteiger partial charge on any atom is 0.333 e. The average Bonchev–Trinajstić information content (AvgIpc) is 2.45. The maximum atomic E-state index is 12.3. The Kier molecular flexibility index (Phi) is 3.92. The highest BCUT2D eigenvalue weighted by Crippen LogP contribution is 2.66. The summed E-state index contributed by atoms with van der Waals surface area (Å²) in [6.07, 6.45) is 6.75. The zero-order valence-corrected chi connectivity index (χ0v) is 14.6. The van der Waals surface area contributed by atoms with E-state index in [9.17, 15) is 15.0 Å². The van der Waals surface area contributed by atoms with Gasteiger partial charge in [-0.15, -0.1) is 0 Å². The van der Waals surface area contributed by atoms with Crippen LogP contribution in [-0.2, 0) is 9.53 Å². The first-order valence-electron chi connectivity index (χ1n) is 8.84. The number of carbonyl (C=O) groups excluding carboxylic acids is 1. The molecular weight excluding hydrogens is 292 g/mol. The molecule has 4 nitrogen and oxygen atoms in total. The molecule has 2 N–H and O–H groups in total. The van der Waals surface area contributed by atoms with Gasteiger partial charge in [0.15, 0.2) is 0 Å². The minimum Gasteiger partial charge on any atom is -0.452 e. The minimum absolute atomic E-state index is 0.237. The second-order valence-corrected chi connectivity index (χ2v) is 8.83. The highest BCUT2D eigenvalue weighted by Gasteiger charge is 2.66. The van der Waals surface area contributed by atoms with Gasteiger partial charge in [-0.3, -0.25) is 0 Å². The third-order valence-corrected chi connectivity index (χ3v) is 7.03. The fourth-order valence-electron chi connectivity index (χ4n) is 5.91. The summed E-state index contributed by atoms with van der Waals surface area (Å²) in [4.78, 5) is 12.3. The van der Waals surface area contributed by atoms with Gasteiger partial charge >= 0.3 is 5.97 Å². The van der Waals surface area contributed by atoms with Crippen molar-refractivity contribution in [3.8, 4) is 0 Å². The normalized spacial score (nSPS) is 40.3. The van der Waals surface area contributed by atoms with Gasteiger partial charge in [-0.2, -0.15) is 0 Å². The zero-order chi connectivity index (χ0) is 17.0. The van der Waals surface area contributed by atoms with E-state index >= 15 is 0 Å². The van der Waals surface area contributed by atoms with Crippen molar-refractivity contribution in [3.63, 3.8) is 0 Å². The molecule has 0 aromatic heterocycles. The highest BCUT2D eigenvalue weighted by molar-refractivity contribution is 5.87. The van der Waals surface area contributed by atoms with Gasteiger partial charge in [0, 0.05) is 11.0 Å². The number of rotatable bonds is 5. The van der Waals surface area contributed by atoms with Crippen LogP contribution in [0.2, 0.25) is 0 Å². The summed E-state index contributed by atoms with van der Waals surface area (Å²) >= 11 is 0. The van der Waals surface area contributed by atoms with E-state index in [1.165, 1.54) is 19.3 Å². The molecule has 0 saturated heterocycles. The van der Waals surface area contributed by atoms with E-state index < -0.39 is 23.8 Å². The van der Waals surface area contributed by atoms with Gasteiger partial charge in [-0.05, 0) is 77.0 Å². The highest BCUT2D eigenvalue weighted by atomic mass is 16.6. The van der Waals surface area contributed by atoms with Crippen LogP contribution in [0.15, 0.2) is 12.2 Å². The number of carbonyl (C=O) groups is 1. The summed E-state index contributed by atoms with van der Waals surface area (Å²) in [6.45, 7) is 8.30.